The van der Waals surface area contributed by atoms with Gasteiger partial charge in [-0.1, -0.05) is 33.1 Å². The van der Waals surface area contributed by atoms with Crippen LogP contribution in [0.4, 0.5) is 13.2 Å². The molecule has 0 spiro atoms. The Hall–Kier alpha value is -1.27. The molecular weight excluding hydrogens is 263 g/mol. The van der Waals surface area contributed by atoms with Crippen LogP contribution in [-0.4, -0.2) is 41.1 Å². The van der Waals surface area contributed by atoms with Gasteiger partial charge in [0.25, 0.3) is 0 Å². The summed E-state index contributed by atoms with van der Waals surface area (Å²) in [4.78, 5) is 22.5. The highest BCUT2D eigenvalue weighted by Gasteiger charge is 2.42. The second-order valence-corrected chi connectivity index (χ2v) is 4.55. The second-order valence-electron chi connectivity index (χ2n) is 4.55. The largest absolute Gasteiger partial charge is 0.481 e. The zero-order valence-electron chi connectivity index (χ0n) is 11.2. The minimum absolute atomic E-state index is 0.0596. The van der Waals surface area contributed by atoms with E-state index < -0.39 is 30.5 Å². The van der Waals surface area contributed by atoms with Crippen molar-refractivity contribution in [1.82, 2.24) is 4.90 Å². The van der Waals surface area contributed by atoms with E-state index in [2.05, 4.69) is 0 Å². The normalized spacial score (nSPS) is 13.1. The van der Waals surface area contributed by atoms with Crippen LogP contribution in [0.5, 0.6) is 0 Å². The Bertz CT molecular complexity index is 305. The van der Waals surface area contributed by atoms with E-state index in [1.165, 1.54) is 6.92 Å². The molecule has 7 heteroatoms. The Balaban J connectivity index is 4.55. The van der Waals surface area contributed by atoms with Gasteiger partial charge in [0.05, 0.1) is 5.92 Å². The summed E-state index contributed by atoms with van der Waals surface area (Å²) in [5, 5.41) is 8.71. The molecule has 1 atom stereocenters. The second kappa shape index (κ2) is 8.01. The number of alkyl halides is 3. The van der Waals surface area contributed by atoms with E-state index in [1.54, 1.807) is 0 Å². The predicted molar refractivity (Wildman–Crippen MR) is 63.6 cm³/mol. The van der Waals surface area contributed by atoms with E-state index in [0.717, 1.165) is 19.3 Å². The highest BCUT2D eigenvalue weighted by molar-refractivity contribution is 5.82. The molecule has 0 aliphatic rings. The molecule has 0 saturated carbocycles. The van der Waals surface area contributed by atoms with E-state index in [0.29, 0.717) is 11.3 Å². The van der Waals surface area contributed by atoms with Crippen LogP contribution in [0.25, 0.3) is 0 Å². The topological polar surface area (TPSA) is 57.6 Å². The Morgan fingerprint density at radius 1 is 1.21 bits per heavy atom. The minimum Gasteiger partial charge on any atom is -0.481 e. The highest BCUT2D eigenvalue weighted by Crippen LogP contribution is 2.20. The van der Waals surface area contributed by atoms with Crippen LogP contribution in [-0.2, 0) is 9.59 Å². The fraction of sp³-hybridized carbons (Fsp3) is 0.833. The minimum atomic E-state index is -4.96. The van der Waals surface area contributed by atoms with E-state index in [4.69, 9.17) is 5.11 Å². The molecular formula is C12H20F3NO3. The van der Waals surface area contributed by atoms with Gasteiger partial charge in [-0.05, 0) is 6.42 Å². The number of halogens is 3. The fourth-order valence-corrected chi connectivity index (χ4v) is 1.59. The lowest BCUT2D eigenvalue weighted by Crippen LogP contribution is -2.44. The summed E-state index contributed by atoms with van der Waals surface area (Å²) < 4.78 is 37.2. The van der Waals surface area contributed by atoms with Gasteiger partial charge in [0.1, 0.15) is 0 Å². The number of rotatable bonds is 8. The smallest absolute Gasteiger partial charge is 0.471 e. The molecule has 4 nitrogen and oxygen atoms in total. The molecule has 0 aromatic carbocycles. The van der Waals surface area contributed by atoms with Crippen molar-refractivity contribution in [3.8, 4) is 0 Å². The Morgan fingerprint density at radius 3 is 2.21 bits per heavy atom. The molecule has 0 heterocycles. The summed E-state index contributed by atoms with van der Waals surface area (Å²) >= 11 is 0. The van der Waals surface area contributed by atoms with E-state index in [-0.39, 0.29) is 6.54 Å². The summed E-state index contributed by atoms with van der Waals surface area (Å²) in [6, 6.07) is 0. The average Bonchev–Trinajstić information content (AvgIpc) is 2.30. The number of unbranched alkanes of at least 4 members (excludes halogenated alkanes) is 3. The highest BCUT2D eigenvalue weighted by atomic mass is 19.4. The number of hydrogen-bond donors (Lipinski definition) is 1. The maximum Gasteiger partial charge on any atom is 0.471 e. The van der Waals surface area contributed by atoms with Crippen LogP contribution in [0, 0.1) is 5.92 Å². The molecule has 0 aromatic heterocycles. The first kappa shape index (κ1) is 17.7. The van der Waals surface area contributed by atoms with Crippen molar-refractivity contribution in [3.63, 3.8) is 0 Å². The van der Waals surface area contributed by atoms with Gasteiger partial charge in [-0.3, -0.25) is 9.59 Å². The van der Waals surface area contributed by atoms with Gasteiger partial charge in [-0.2, -0.15) is 13.2 Å². The maximum absolute atomic E-state index is 12.4. The summed E-state index contributed by atoms with van der Waals surface area (Å²) in [5.41, 5.74) is 0. The van der Waals surface area contributed by atoms with Gasteiger partial charge in [-0.25, -0.2) is 0 Å². The van der Waals surface area contributed by atoms with Crippen molar-refractivity contribution in [2.75, 3.05) is 13.1 Å². The van der Waals surface area contributed by atoms with Crippen molar-refractivity contribution in [2.24, 2.45) is 5.92 Å². The average molecular weight is 283 g/mol. The van der Waals surface area contributed by atoms with E-state index >= 15 is 0 Å². The Morgan fingerprint density at radius 2 is 1.79 bits per heavy atom. The molecule has 1 N–H and O–H groups in total. The van der Waals surface area contributed by atoms with Crippen molar-refractivity contribution in [2.45, 2.75) is 45.7 Å². The molecule has 0 aliphatic heterocycles. The SMILES string of the molecule is CCCCCCN(CC(C)C(=O)O)C(=O)C(F)(F)F. The molecule has 0 radical (unpaired) electrons. The Labute approximate surface area is 110 Å². The quantitative estimate of drug-likeness (QED) is 0.697. The standard InChI is InChI=1S/C12H20F3NO3/c1-3-4-5-6-7-16(8-9(2)10(17)18)11(19)12(13,14)15/h9H,3-8H2,1-2H3,(H,17,18). The molecule has 0 aliphatic carbocycles. The lowest BCUT2D eigenvalue weighted by Gasteiger charge is -2.25. The van der Waals surface area contributed by atoms with Crippen LogP contribution in [0.15, 0.2) is 0 Å². The number of carbonyl (C=O) groups is 2. The van der Waals surface area contributed by atoms with Crippen LogP contribution in [0.1, 0.15) is 39.5 Å². The molecule has 0 fully saturated rings. The van der Waals surface area contributed by atoms with Gasteiger partial charge >= 0.3 is 18.1 Å². The summed E-state index contributed by atoms with van der Waals surface area (Å²) in [5.74, 6) is -4.19. The van der Waals surface area contributed by atoms with E-state index in [1.807, 2.05) is 6.92 Å². The molecule has 19 heavy (non-hydrogen) atoms. The lowest BCUT2D eigenvalue weighted by atomic mass is 10.1. The number of aliphatic carboxylic acids is 1. The van der Waals surface area contributed by atoms with Crippen LogP contribution >= 0.6 is 0 Å². The van der Waals surface area contributed by atoms with Crippen molar-refractivity contribution >= 4 is 11.9 Å². The molecule has 0 rings (SSSR count). The fourth-order valence-electron chi connectivity index (χ4n) is 1.59. The molecule has 1 unspecified atom stereocenters. The summed E-state index contributed by atoms with van der Waals surface area (Å²) in [6.45, 7) is 2.77. The third kappa shape index (κ3) is 7.03. The zero-order chi connectivity index (χ0) is 15.1. The van der Waals surface area contributed by atoms with E-state index in [9.17, 15) is 22.8 Å². The first-order valence-electron chi connectivity index (χ1n) is 6.29. The third-order valence-corrected chi connectivity index (χ3v) is 2.73. The number of carboxylic acids is 1. The van der Waals surface area contributed by atoms with Gasteiger partial charge in [0.2, 0.25) is 0 Å². The molecule has 0 bridgehead atoms. The molecule has 0 saturated heterocycles. The van der Waals surface area contributed by atoms with Crippen molar-refractivity contribution in [1.29, 1.82) is 0 Å². The molecule has 0 aromatic rings. The number of hydrogen-bond acceptors (Lipinski definition) is 2. The monoisotopic (exact) mass is 283 g/mol. The van der Waals surface area contributed by atoms with Crippen molar-refractivity contribution < 1.29 is 27.9 Å². The number of nitrogens with zero attached hydrogens (tertiary/aromatic N) is 1. The van der Waals surface area contributed by atoms with Crippen molar-refractivity contribution in [3.05, 3.63) is 0 Å². The number of amides is 1. The Kier molecular flexibility index (Phi) is 7.48. The predicted octanol–water partition coefficient (Wildman–Crippen LogP) is 2.68. The molecule has 1 amide bonds. The number of carboxylic acid groups (broad SMARTS) is 1. The summed E-state index contributed by atoms with van der Waals surface area (Å²) in [7, 11) is 0. The first-order valence-corrected chi connectivity index (χ1v) is 6.29. The van der Waals surface area contributed by atoms with Gasteiger partial charge in [0, 0.05) is 13.1 Å². The van der Waals surface area contributed by atoms with Gasteiger partial charge in [0.15, 0.2) is 0 Å². The lowest BCUT2D eigenvalue weighted by molar-refractivity contribution is -0.186. The van der Waals surface area contributed by atoms with Gasteiger partial charge in [-0.15, -0.1) is 0 Å². The summed E-state index contributed by atoms with van der Waals surface area (Å²) in [6.07, 6.45) is -1.98. The molecule has 112 valence electrons. The first-order chi connectivity index (χ1) is 8.70. The zero-order valence-corrected chi connectivity index (χ0v) is 11.2. The van der Waals surface area contributed by atoms with Crippen LogP contribution in [0.2, 0.25) is 0 Å². The third-order valence-electron chi connectivity index (χ3n) is 2.73. The van der Waals surface area contributed by atoms with Gasteiger partial charge < -0.3 is 10.0 Å². The number of carbonyl (C=O) groups excluding carboxylic acids is 1. The van der Waals surface area contributed by atoms with Crippen LogP contribution in [0.3, 0.4) is 0 Å². The van der Waals surface area contributed by atoms with Crippen LogP contribution < -0.4 is 0 Å². The maximum atomic E-state index is 12.4.